The molecule has 0 saturated heterocycles. The Bertz CT molecular complexity index is 1360. The minimum atomic E-state index is -4.55. The minimum Gasteiger partial charge on any atom is -0.465 e. The molecule has 0 bridgehead atoms. The number of nitrogens with one attached hydrogen (secondary N) is 3. The van der Waals surface area contributed by atoms with Gasteiger partial charge in [0.25, 0.3) is 0 Å². The third-order valence-corrected chi connectivity index (χ3v) is 6.27. The molecule has 11 heteroatoms. The number of amides is 4. The summed E-state index contributed by atoms with van der Waals surface area (Å²) in [5.74, 6) is -0.546. The van der Waals surface area contributed by atoms with Crippen LogP contribution in [0.15, 0.2) is 66.7 Å². The Balaban J connectivity index is 1.66. The molecule has 0 spiro atoms. The highest BCUT2D eigenvalue weighted by molar-refractivity contribution is 6.00. The van der Waals surface area contributed by atoms with Gasteiger partial charge in [0, 0.05) is 18.3 Å². The molecule has 3 aromatic carbocycles. The summed E-state index contributed by atoms with van der Waals surface area (Å²) in [6, 6.07) is 16.1. The summed E-state index contributed by atoms with van der Waals surface area (Å²) < 4.78 is 40.0. The number of carboxylic acid groups (broad SMARTS) is 1. The van der Waals surface area contributed by atoms with Crippen LogP contribution >= 0.6 is 0 Å². The highest BCUT2D eigenvalue weighted by atomic mass is 19.4. The Kier molecular flexibility index (Phi) is 7.56. The zero-order chi connectivity index (χ0) is 27.4. The van der Waals surface area contributed by atoms with Gasteiger partial charge in [-0.15, -0.1) is 0 Å². The number of anilines is 2. The van der Waals surface area contributed by atoms with Crippen molar-refractivity contribution in [2.24, 2.45) is 0 Å². The second kappa shape index (κ2) is 10.8. The van der Waals surface area contributed by atoms with Crippen molar-refractivity contribution in [2.45, 2.75) is 31.6 Å². The standard InChI is InChI=1S/C27H25F3N4O4/c1-31-25(36)32-21-5-3-2-4-20(21)17-8-6-16(7-9-17)15-34-23-13-11-19(27(28,29)30)14-18(23)10-12-22(24(34)35)33-26(37)38/h2-9,11,13-14,22,33H,10,12,15H2,1H3,(H,37,38)(H2,31,32,36)/t22-/m1/s1. The Morgan fingerprint density at radius 1 is 1.05 bits per heavy atom. The van der Waals surface area contributed by atoms with E-state index in [9.17, 15) is 32.7 Å². The van der Waals surface area contributed by atoms with Gasteiger partial charge in [0.2, 0.25) is 5.91 Å². The normalized spacial score (nSPS) is 15.3. The van der Waals surface area contributed by atoms with Crippen molar-refractivity contribution in [3.05, 3.63) is 83.4 Å². The van der Waals surface area contributed by atoms with Gasteiger partial charge in [0.15, 0.2) is 0 Å². The third kappa shape index (κ3) is 5.88. The Morgan fingerprint density at radius 3 is 2.42 bits per heavy atom. The Hall–Kier alpha value is -4.54. The van der Waals surface area contributed by atoms with Crippen LogP contribution in [0, 0.1) is 0 Å². The number of hydrogen-bond donors (Lipinski definition) is 4. The summed E-state index contributed by atoms with van der Waals surface area (Å²) in [5.41, 5.74) is 2.63. The first-order valence-corrected chi connectivity index (χ1v) is 11.7. The first-order chi connectivity index (χ1) is 18.1. The van der Waals surface area contributed by atoms with E-state index in [-0.39, 0.29) is 25.4 Å². The fourth-order valence-electron chi connectivity index (χ4n) is 4.40. The van der Waals surface area contributed by atoms with E-state index >= 15 is 0 Å². The molecule has 4 N–H and O–H groups in total. The van der Waals surface area contributed by atoms with E-state index in [0.717, 1.165) is 23.3 Å². The SMILES string of the molecule is CNC(=O)Nc1ccccc1-c1ccc(CN2C(=O)[C@H](NC(=O)O)CCc3cc(C(F)(F)F)ccc32)cc1. The van der Waals surface area contributed by atoms with Crippen molar-refractivity contribution in [3.63, 3.8) is 0 Å². The summed E-state index contributed by atoms with van der Waals surface area (Å²) in [6.45, 7) is 0.0212. The van der Waals surface area contributed by atoms with Crippen LogP contribution in [-0.2, 0) is 23.9 Å². The number of carbonyl (C=O) groups excluding carboxylic acids is 2. The van der Waals surface area contributed by atoms with Gasteiger partial charge >= 0.3 is 18.3 Å². The van der Waals surface area contributed by atoms with E-state index in [2.05, 4.69) is 16.0 Å². The number of alkyl halides is 3. The summed E-state index contributed by atoms with van der Waals surface area (Å²) >= 11 is 0. The van der Waals surface area contributed by atoms with Gasteiger partial charge in [0.1, 0.15) is 6.04 Å². The number of urea groups is 1. The predicted molar refractivity (Wildman–Crippen MR) is 136 cm³/mol. The molecule has 0 fully saturated rings. The highest BCUT2D eigenvalue weighted by Crippen LogP contribution is 2.36. The number of para-hydroxylation sites is 1. The largest absolute Gasteiger partial charge is 0.465 e. The fourth-order valence-corrected chi connectivity index (χ4v) is 4.40. The topological polar surface area (TPSA) is 111 Å². The molecule has 1 aliphatic heterocycles. The van der Waals surface area contributed by atoms with Gasteiger partial charge in [-0.2, -0.15) is 13.2 Å². The van der Waals surface area contributed by atoms with Gasteiger partial charge in [-0.05, 0) is 53.8 Å². The number of halogens is 3. The van der Waals surface area contributed by atoms with E-state index in [1.807, 2.05) is 24.3 Å². The third-order valence-electron chi connectivity index (χ3n) is 6.27. The van der Waals surface area contributed by atoms with Crippen LogP contribution in [0.5, 0.6) is 0 Å². The highest BCUT2D eigenvalue weighted by Gasteiger charge is 2.35. The first kappa shape index (κ1) is 26.5. The molecule has 0 radical (unpaired) electrons. The van der Waals surface area contributed by atoms with Crippen LogP contribution in [0.3, 0.4) is 0 Å². The molecule has 38 heavy (non-hydrogen) atoms. The lowest BCUT2D eigenvalue weighted by molar-refractivity contribution is -0.137. The molecular formula is C27H25F3N4O4. The lowest BCUT2D eigenvalue weighted by Gasteiger charge is -2.26. The van der Waals surface area contributed by atoms with Crippen LogP contribution in [0.4, 0.5) is 34.1 Å². The quantitative estimate of drug-likeness (QED) is 0.364. The van der Waals surface area contributed by atoms with E-state index in [1.165, 1.54) is 18.0 Å². The van der Waals surface area contributed by atoms with Crippen molar-refractivity contribution in [2.75, 3.05) is 17.3 Å². The van der Waals surface area contributed by atoms with Gasteiger partial charge in [-0.3, -0.25) is 4.79 Å². The predicted octanol–water partition coefficient (Wildman–Crippen LogP) is 5.24. The zero-order valence-corrected chi connectivity index (χ0v) is 20.3. The van der Waals surface area contributed by atoms with Crippen molar-refractivity contribution in [1.82, 2.24) is 10.6 Å². The van der Waals surface area contributed by atoms with E-state index in [4.69, 9.17) is 0 Å². The zero-order valence-electron chi connectivity index (χ0n) is 20.3. The lowest BCUT2D eigenvalue weighted by Crippen LogP contribution is -2.47. The maximum absolute atomic E-state index is 13.3. The number of benzene rings is 3. The average Bonchev–Trinajstić information content (AvgIpc) is 3.00. The molecule has 8 nitrogen and oxygen atoms in total. The van der Waals surface area contributed by atoms with Gasteiger partial charge in [-0.1, -0.05) is 42.5 Å². The molecule has 198 valence electrons. The summed E-state index contributed by atoms with van der Waals surface area (Å²) in [7, 11) is 1.51. The van der Waals surface area contributed by atoms with Crippen LogP contribution in [-0.4, -0.2) is 36.2 Å². The molecule has 4 amide bonds. The molecule has 0 aromatic heterocycles. The molecule has 1 aliphatic rings. The van der Waals surface area contributed by atoms with Crippen LogP contribution in [0.1, 0.15) is 23.1 Å². The molecule has 0 aliphatic carbocycles. The number of fused-ring (bicyclic) bond motifs is 1. The minimum absolute atomic E-state index is 0.0212. The van der Waals surface area contributed by atoms with Crippen LogP contribution < -0.4 is 20.9 Å². The molecular weight excluding hydrogens is 501 g/mol. The van der Waals surface area contributed by atoms with Gasteiger partial charge in [-0.25, -0.2) is 9.59 Å². The molecule has 4 rings (SSSR count). The van der Waals surface area contributed by atoms with E-state index in [1.54, 1.807) is 24.3 Å². The summed E-state index contributed by atoms with van der Waals surface area (Å²) in [5, 5.41) is 16.6. The van der Waals surface area contributed by atoms with Gasteiger partial charge < -0.3 is 26.0 Å². The number of aryl methyl sites for hydroxylation is 1. The van der Waals surface area contributed by atoms with E-state index in [0.29, 0.717) is 22.5 Å². The molecule has 1 heterocycles. The number of rotatable bonds is 5. The van der Waals surface area contributed by atoms with Crippen molar-refractivity contribution in [1.29, 1.82) is 0 Å². The number of carbonyl (C=O) groups is 3. The maximum Gasteiger partial charge on any atom is 0.416 e. The van der Waals surface area contributed by atoms with E-state index < -0.39 is 29.8 Å². The Labute approximate surface area is 216 Å². The van der Waals surface area contributed by atoms with Gasteiger partial charge in [0.05, 0.1) is 17.8 Å². The lowest BCUT2D eigenvalue weighted by atomic mass is 10.0. The summed E-state index contributed by atoms with van der Waals surface area (Å²) in [4.78, 5) is 37.7. The Morgan fingerprint density at radius 2 is 1.76 bits per heavy atom. The summed E-state index contributed by atoms with van der Waals surface area (Å²) in [6.07, 6.45) is -5.81. The molecule has 1 atom stereocenters. The number of nitrogens with zero attached hydrogens (tertiary/aromatic N) is 1. The monoisotopic (exact) mass is 526 g/mol. The van der Waals surface area contributed by atoms with Crippen molar-refractivity contribution in [3.8, 4) is 11.1 Å². The molecule has 0 unspecified atom stereocenters. The second-order valence-electron chi connectivity index (χ2n) is 8.75. The second-order valence-corrected chi connectivity index (χ2v) is 8.75. The first-order valence-electron chi connectivity index (χ1n) is 11.7. The smallest absolute Gasteiger partial charge is 0.416 e. The molecule has 0 saturated carbocycles. The van der Waals surface area contributed by atoms with Crippen LogP contribution in [0.2, 0.25) is 0 Å². The van der Waals surface area contributed by atoms with Crippen molar-refractivity contribution < 1.29 is 32.7 Å². The van der Waals surface area contributed by atoms with Crippen molar-refractivity contribution >= 4 is 29.4 Å². The average molecular weight is 527 g/mol. The number of hydrogen-bond acceptors (Lipinski definition) is 3. The fraction of sp³-hybridized carbons (Fsp3) is 0.222. The van der Waals surface area contributed by atoms with Crippen LogP contribution in [0.25, 0.3) is 11.1 Å². The molecule has 3 aromatic rings. The maximum atomic E-state index is 13.3.